The summed E-state index contributed by atoms with van der Waals surface area (Å²) in [4.78, 5) is 4.79. The SMILES string of the molecule is CCn1c(C(C)(C)C)nc(-c2ccccc2OC)c1N. The highest BCUT2D eigenvalue weighted by molar-refractivity contribution is 5.76. The Labute approximate surface area is 120 Å². The third-order valence-corrected chi connectivity index (χ3v) is 3.36. The first kappa shape index (κ1) is 14.4. The van der Waals surface area contributed by atoms with Gasteiger partial charge in [0.05, 0.1) is 7.11 Å². The zero-order valence-electron chi connectivity index (χ0n) is 12.9. The molecule has 108 valence electrons. The molecule has 0 unspecified atom stereocenters. The number of nitrogens with zero attached hydrogens (tertiary/aromatic N) is 2. The van der Waals surface area contributed by atoms with Crippen molar-refractivity contribution in [3.8, 4) is 17.0 Å². The standard InChI is InChI=1S/C16H23N3O/c1-6-19-14(17)13(18-15(19)16(2,3)4)11-9-7-8-10-12(11)20-5/h7-10H,6,17H2,1-5H3. The van der Waals surface area contributed by atoms with E-state index in [9.17, 15) is 0 Å². The van der Waals surface area contributed by atoms with Crippen LogP contribution in [0, 0.1) is 0 Å². The Morgan fingerprint density at radius 1 is 1.25 bits per heavy atom. The summed E-state index contributed by atoms with van der Waals surface area (Å²) in [6.45, 7) is 9.33. The van der Waals surface area contributed by atoms with Crippen LogP contribution in [0.4, 0.5) is 5.82 Å². The zero-order chi connectivity index (χ0) is 14.9. The van der Waals surface area contributed by atoms with E-state index in [-0.39, 0.29) is 5.41 Å². The van der Waals surface area contributed by atoms with E-state index in [1.807, 2.05) is 24.3 Å². The van der Waals surface area contributed by atoms with Crippen LogP contribution >= 0.6 is 0 Å². The van der Waals surface area contributed by atoms with Gasteiger partial charge in [-0.05, 0) is 19.1 Å². The molecular formula is C16H23N3O. The van der Waals surface area contributed by atoms with Gasteiger partial charge in [-0.2, -0.15) is 0 Å². The number of nitrogens with two attached hydrogens (primary N) is 1. The number of nitrogen functional groups attached to an aromatic ring is 1. The summed E-state index contributed by atoms with van der Waals surface area (Å²) in [5.41, 5.74) is 8.00. The van der Waals surface area contributed by atoms with Crippen molar-refractivity contribution in [3.63, 3.8) is 0 Å². The first-order chi connectivity index (χ1) is 9.40. The van der Waals surface area contributed by atoms with Crippen LogP contribution in [0.3, 0.4) is 0 Å². The van der Waals surface area contributed by atoms with Gasteiger partial charge in [0, 0.05) is 17.5 Å². The van der Waals surface area contributed by atoms with Crippen molar-refractivity contribution in [2.45, 2.75) is 39.7 Å². The van der Waals surface area contributed by atoms with Crippen LogP contribution in [-0.4, -0.2) is 16.7 Å². The molecule has 20 heavy (non-hydrogen) atoms. The number of aromatic nitrogens is 2. The van der Waals surface area contributed by atoms with Crippen LogP contribution in [0.5, 0.6) is 5.75 Å². The van der Waals surface area contributed by atoms with E-state index in [1.165, 1.54) is 0 Å². The molecule has 2 N–H and O–H groups in total. The van der Waals surface area contributed by atoms with E-state index in [1.54, 1.807) is 7.11 Å². The summed E-state index contributed by atoms with van der Waals surface area (Å²) in [6.07, 6.45) is 0. The van der Waals surface area contributed by atoms with Crippen LogP contribution in [-0.2, 0) is 12.0 Å². The normalized spacial score (nSPS) is 11.7. The van der Waals surface area contributed by atoms with E-state index < -0.39 is 0 Å². The molecule has 4 nitrogen and oxygen atoms in total. The number of para-hydroxylation sites is 1. The molecule has 0 radical (unpaired) electrons. The number of rotatable bonds is 3. The van der Waals surface area contributed by atoms with E-state index in [2.05, 4.69) is 32.3 Å². The predicted octanol–water partition coefficient (Wildman–Crippen LogP) is 3.46. The maximum absolute atomic E-state index is 6.31. The maximum atomic E-state index is 6.31. The van der Waals surface area contributed by atoms with Gasteiger partial charge in [0.2, 0.25) is 0 Å². The quantitative estimate of drug-likeness (QED) is 0.931. The number of ether oxygens (including phenoxy) is 1. The minimum absolute atomic E-state index is 0.0512. The largest absolute Gasteiger partial charge is 0.496 e. The van der Waals surface area contributed by atoms with Crippen LogP contribution in [0.15, 0.2) is 24.3 Å². The number of hydrogen-bond donors (Lipinski definition) is 1. The van der Waals surface area contributed by atoms with Crippen molar-refractivity contribution in [2.24, 2.45) is 0 Å². The molecule has 2 aromatic rings. The van der Waals surface area contributed by atoms with Crippen molar-refractivity contribution in [2.75, 3.05) is 12.8 Å². The fourth-order valence-electron chi connectivity index (χ4n) is 2.40. The molecule has 2 rings (SSSR count). The van der Waals surface area contributed by atoms with Gasteiger partial charge in [-0.1, -0.05) is 32.9 Å². The lowest BCUT2D eigenvalue weighted by molar-refractivity contribution is 0.416. The number of imidazole rings is 1. The van der Waals surface area contributed by atoms with Crippen molar-refractivity contribution in [1.82, 2.24) is 9.55 Å². The van der Waals surface area contributed by atoms with Gasteiger partial charge >= 0.3 is 0 Å². The second kappa shape index (κ2) is 5.19. The lowest BCUT2D eigenvalue weighted by atomic mass is 9.95. The van der Waals surface area contributed by atoms with E-state index in [4.69, 9.17) is 15.5 Å². The van der Waals surface area contributed by atoms with Gasteiger partial charge in [0.25, 0.3) is 0 Å². The molecule has 0 saturated carbocycles. The van der Waals surface area contributed by atoms with Gasteiger partial charge in [-0.15, -0.1) is 0 Å². The molecule has 0 aliphatic rings. The Hall–Kier alpha value is -1.97. The minimum atomic E-state index is -0.0512. The van der Waals surface area contributed by atoms with Gasteiger partial charge in [-0.25, -0.2) is 4.98 Å². The predicted molar refractivity (Wildman–Crippen MR) is 83.0 cm³/mol. The second-order valence-corrected chi connectivity index (χ2v) is 5.86. The maximum Gasteiger partial charge on any atom is 0.131 e. The highest BCUT2D eigenvalue weighted by atomic mass is 16.5. The smallest absolute Gasteiger partial charge is 0.131 e. The third kappa shape index (κ3) is 2.38. The van der Waals surface area contributed by atoms with Gasteiger partial charge in [0.1, 0.15) is 23.1 Å². The topological polar surface area (TPSA) is 53.1 Å². The molecule has 0 amide bonds. The number of methoxy groups -OCH3 is 1. The Morgan fingerprint density at radius 3 is 2.40 bits per heavy atom. The first-order valence-electron chi connectivity index (χ1n) is 6.90. The molecule has 0 spiro atoms. The molecule has 1 aromatic heterocycles. The van der Waals surface area contributed by atoms with Crippen molar-refractivity contribution in [3.05, 3.63) is 30.1 Å². The highest BCUT2D eigenvalue weighted by Crippen LogP contribution is 2.36. The molecule has 0 fully saturated rings. The van der Waals surface area contributed by atoms with Gasteiger partial charge in [0.15, 0.2) is 0 Å². The van der Waals surface area contributed by atoms with Crippen molar-refractivity contribution in [1.29, 1.82) is 0 Å². The number of hydrogen-bond acceptors (Lipinski definition) is 3. The van der Waals surface area contributed by atoms with Crippen LogP contribution < -0.4 is 10.5 Å². The minimum Gasteiger partial charge on any atom is -0.496 e. The summed E-state index contributed by atoms with van der Waals surface area (Å²) in [6, 6.07) is 7.83. The molecule has 0 aliphatic heterocycles. The van der Waals surface area contributed by atoms with Gasteiger partial charge < -0.3 is 15.0 Å². The monoisotopic (exact) mass is 273 g/mol. The van der Waals surface area contributed by atoms with E-state index in [0.717, 1.165) is 29.4 Å². The molecule has 4 heteroatoms. The number of anilines is 1. The van der Waals surface area contributed by atoms with Crippen molar-refractivity contribution >= 4 is 5.82 Å². The second-order valence-electron chi connectivity index (χ2n) is 5.86. The third-order valence-electron chi connectivity index (χ3n) is 3.36. The van der Waals surface area contributed by atoms with Crippen molar-refractivity contribution < 1.29 is 4.74 Å². The Bertz CT molecular complexity index is 609. The Kier molecular flexibility index (Phi) is 3.75. The van der Waals surface area contributed by atoms with Crippen LogP contribution in [0.2, 0.25) is 0 Å². The fourth-order valence-corrected chi connectivity index (χ4v) is 2.40. The highest BCUT2D eigenvalue weighted by Gasteiger charge is 2.25. The van der Waals surface area contributed by atoms with Crippen LogP contribution in [0.1, 0.15) is 33.5 Å². The average molecular weight is 273 g/mol. The molecule has 1 aromatic carbocycles. The summed E-state index contributed by atoms with van der Waals surface area (Å²) in [5.74, 6) is 2.49. The van der Waals surface area contributed by atoms with E-state index in [0.29, 0.717) is 5.82 Å². The Morgan fingerprint density at radius 2 is 1.90 bits per heavy atom. The molecule has 0 bridgehead atoms. The van der Waals surface area contributed by atoms with Crippen LogP contribution in [0.25, 0.3) is 11.3 Å². The lowest BCUT2D eigenvalue weighted by Crippen LogP contribution is -2.19. The average Bonchev–Trinajstić information content (AvgIpc) is 2.75. The van der Waals surface area contributed by atoms with E-state index >= 15 is 0 Å². The molecule has 0 atom stereocenters. The molecular weight excluding hydrogens is 250 g/mol. The first-order valence-corrected chi connectivity index (χ1v) is 6.90. The molecule has 1 heterocycles. The Balaban J connectivity index is 2.67. The fraction of sp³-hybridized carbons (Fsp3) is 0.438. The summed E-state index contributed by atoms with van der Waals surface area (Å²) < 4.78 is 7.49. The zero-order valence-corrected chi connectivity index (χ0v) is 12.9. The molecule has 0 aliphatic carbocycles. The summed E-state index contributed by atoms with van der Waals surface area (Å²) >= 11 is 0. The van der Waals surface area contributed by atoms with Gasteiger partial charge in [-0.3, -0.25) is 0 Å². The summed E-state index contributed by atoms with van der Waals surface area (Å²) in [7, 11) is 1.66. The number of benzene rings is 1. The molecule has 0 saturated heterocycles. The lowest BCUT2D eigenvalue weighted by Gasteiger charge is -2.19. The summed E-state index contributed by atoms with van der Waals surface area (Å²) in [5, 5.41) is 0.